The van der Waals surface area contributed by atoms with Gasteiger partial charge in [-0.15, -0.1) is 11.3 Å². The lowest BCUT2D eigenvalue weighted by Gasteiger charge is -2.27. The van der Waals surface area contributed by atoms with Gasteiger partial charge in [0.15, 0.2) is 0 Å². The maximum absolute atomic E-state index is 12.3. The van der Waals surface area contributed by atoms with Gasteiger partial charge in [0, 0.05) is 26.2 Å². The summed E-state index contributed by atoms with van der Waals surface area (Å²) in [5.74, 6) is -0.204. The molecule has 3 rings (SSSR count). The van der Waals surface area contributed by atoms with Crippen LogP contribution >= 0.6 is 34.5 Å². The van der Waals surface area contributed by atoms with E-state index in [1.165, 1.54) is 16.9 Å². The number of hydrogen-bond acceptors (Lipinski definition) is 4. The molecule has 128 valence electrons. The minimum absolute atomic E-state index is 0.204. The van der Waals surface area contributed by atoms with Crippen molar-refractivity contribution in [3.8, 4) is 0 Å². The number of hydrogen-bond donors (Lipinski definition) is 1. The Morgan fingerprint density at radius 1 is 1.21 bits per heavy atom. The predicted molar refractivity (Wildman–Crippen MR) is 98.0 cm³/mol. The van der Waals surface area contributed by atoms with E-state index in [0.29, 0.717) is 20.8 Å². The monoisotopic (exact) mass is 384 g/mol. The Morgan fingerprint density at radius 3 is 2.58 bits per heavy atom. The Labute approximate surface area is 155 Å². The summed E-state index contributed by atoms with van der Waals surface area (Å²) in [6.45, 7) is 4.74. The molecule has 1 fully saturated rings. The highest BCUT2D eigenvalue weighted by Gasteiger charge is 2.16. The second kappa shape index (κ2) is 8.32. The molecule has 1 aliphatic heterocycles. The molecular weight excluding hydrogens is 367 g/mol. The van der Waals surface area contributed by atoms with Gasteiger partial charge in [-0.1, -0.05) is 47.5 Å². The molecule has 1 aromatic heterocycles. The number of amides is 1. The van der Waals surface area contributed by atoms with Gasteiger partial charge in [0.2, 0.25) is 0 Å². The summed E-state index contributed by atoms with van der Waals surface area (Å²) in [6, 6.07) is 9.75. The largest absolute Gasteiger partial charge is 0.379 e. The van der Waals surface area contributed by atoms with Crippen molar-refractivity contribution in [3.63, 3.8) is 0 Å². The van der Waals surface area contributed by atoms with Gasteiger partial charge in [-0.2, -0.15) is 0 Å². The first-order valence-corrected chi connectivity index (χ1v) is 9.30. The zero-order valence-corrected chi connectivity index (χ0v) is 15.4. The van der Waals surface area contributed by atoms with Gasteiger partial charge in [-0.25, -0.2) is 0 Å². The molecular formula is C17H18Cl2N2O2S. The van der Waals surface area contributed by atoms with Crippen molar-refractivity contribution in [2.75, 3.05) is 26.3 Å². The highest BCUT2D eigenvalue weighted by Crippen LogP contribution is 2.31. The average Bonchev–Trinajstić information content (AvgIpc) is 2.93. The molecule has 7 heteroatoms. The van der Waals surface area contributed by atoms with Crippen molar-refractivity contribution >= 4 is 40.4 Å². The number of carbonyl (C=O) groups excluding carboxylic acids is 1. The molecule has 1 aromatic carbocycles. The van der Waals surface area contributed by atoms with Crippen molar-refractivity contribution in [3.05, 3.63) is 55.7 Å². The molecule has 24 heavy (non-hydrogen) atoms. The fourth-order valence-electron chi connectivity index (χ4n) is 2.65. The fourth-order valence-corrected chi connectivity index (χ4v) is 4.11. The van der Waals surface area contributed by atoms with E-state index in [4.69, 9.17) is 27.9 Å². The number of nitrogens with zero attached hydrogens (tertiary/aromatic N) is 1. The van der Waals surface area contributed by atoms with Crippen LogP contribution in [0.4, 0.5) is 0 Å². The molecule has 1 aliphatic rings. The normalized spacial score (nSPS) is 15.4. The van der Waals surface area contributed by atoms with Crippen LogP contribution in [-0.4, -0.2) is 37.1 Å². The first kappa shape index (κ1) is 17.7. The van der Waals surface area contributed by atoms with Crippen LogP contribution in [0.3, 0.4) is 0 Å². The lowest BCUT2D eigenvalue weighted by molar-refractivity contribution is 0.0340. The van der Waals surface area contributed by atoms with E-state index in [-0.39, 0.29) is 5.91 Å². The summed E-state index contributed by atoms with van der Waals surface area (Å²) in [5.41, 5.74) is 2.75. The van der Waals surface area contributed by atoms with Gasteiger partial charge in [0.1, 0.15) is 4.34 Å². The Bertz CT molecular complexity index is 714. The summed E-state index contributed by atoms with van der Waals surface area (Å²) in [6.07, 6.45) is 0. The third kappa shape index (κ3) is 4.49. The van der Waals surface area contributed by atoms with Crippen LogP contribution < -0.4 is 5.32 Å². The Balaban J connectivity index is 1.64. The van der Waals surface area contributed by atoms with E-state index in [1.807, 2.05) is 18.2 Å². The number of halogens is 2. The van der Waals surface area contributed by atoms with Gasteiger partial charge in [-0.3, -0.25) is 9.69 Å². The zero-order valence-electron chi connectivity index (χ0n) is 13.1. The molecule has 0 bridgehead atoms. The van der Waals surface area contributed by atoms with E-state index in [2.05, 4.69) is 16.3 Å². The molecule has 0 radical (unpaired) electrons. The molecule has 1 saturated heterocycles. The summed E-state index contributed by atoms with van der Waals surface area (Å²) in [7, 11) is 0. The van der Waals surface area contributed by atoms with Gasteiger partial charge >= 0.3 is 0 Å². The number of nitrogens with one attached hydrogen (secondary N) is 1. The molecule has 1 amide bonds. The number of carbonyl (C=O) groups is 1. The van der Waals surface area contributed by atoms with Crippen molar-refractivity contribution in [1.82, 2.24) is 10.2 Å². The minimum atomic E-state index is -0.204. The standard InChI is InChI=1S/C17H18Cl2N2O2S/c18-15-9-14(16(19)24-15)17(22)20-10-12-3-1-2-4-13(12)11-21-5-7-23-8-6-21/h1-4,9H,5-8,10-11H2,(H,20,22). The van der Waals surface area contributed by atoms with Crippen LogP contribution in [0.15, 0.2) is 30.3 Å². The zero-order chi connectivity index (χ0) is 16.9. The van der Waals surface area contributed by atoms with E-state index >= 15 is 0 Å². The maximum Gasteiger partial charge on any atom is 0.253 e. The van der Waals surface area contributed by atoms with E-state index in [0.717, 1.165) is 38.4 Å². The van der Waals surface area contributed by atoms with Crippen LogP contribution in [0.25, 0.3) is 0 Å². The van der Waals surface area contributed by atoms with E-state index in [1.54, 1.807) is 6.07 Å². The molecule has 0 atom stereocenters. The number of thiophene rings is 1. The Hall–Kier alpha value is -1.11. The van der Waals surface area contributed by atoms with Crippen LogP contribution in [-0.2, 0) is 17.8 Å². The third-order valence-corrected chi connectivity index (χ3v) is 5.44. The average molecular weight is 385 g/mol. The summed E-state index contributed by atoms with van der Waals surface area (Å²) >= 11 is 13.1. The van der Waals surface area contributed by atoms with Crippen LogP contribution in [0, 0.1) is 0 Å². The highest BCUT2D eigenvalue weighted by molar-refractivity contribution is 7.20. The Kier molecular flexibility index (Phi) is 6.14. The molecule has 0 unspecified atom stereocenters. The molecule has 2 aromatic rings. The maximum atomic E-state index is 12.3. The molecule has 0 saturated carbocycles. The predicted octanol–water partition coefficient (Wildman–Crippen LogP) is 3.82. The van der Waals surface area contributed by atoms with Gasteiger partial charge in [0.05, 0.1) is 23.1 Å². The fraction of sp³-hybridized carbons (Fsp3) is 0.353. The van der Waals surface area contributed by atoms with E-state index in [9.17, 15) is 4.79 Å². The van der Waals surface area contributed by atoms with E-state index < -0.39 is 0 Å². The number of morpholine rings is 1. The van der Waals surface area contributed by atoms with Gasteiger partial charge in [-0.05, 0) is 17.2 Å². The van der Waals surface area contributed by atoms with Crippen molar-refractivity contribution in [2.24, 2.45) is 0 Å². The Morgan fingerprint density at radius 2 is 1.92 bits per heavy atom. The molecule has 1 N–H and O–H groups in total. The first-order chi connectivity index (χ1) is 11.6. The highest BCUT2D eigenvalue weighted by atomic mass is 35.5. The number of benzene rings is 1. The first-order valence-electron chi connectivity index (χ1n) is 7.73. The van der Waals surface area contributed by atoms with Crippen molar-refractivity contribution < 1.29 is 9.53 Å². The molecule has 4 nitrogen and oxygen atoms in total. The lowest BCUT2D eigenvalue weighted by atomic mass is 10.1. The number of ether oxygens (including phenoxy) is 1. The second-order valence-corrected chi connectivity index (χ2v) is 7.86. The number of rotatable bonds is 5. The van der Waals surface area contributed by atoms with Gasteiger partial charge < -0.3 is 10.1 Å². The van der Waals surface area contributed by atoms with Gasteiger partial charge in [0.25, 0.3) is 5.91 Å². The smallest absolute Gasteiger partial charge is 0.253 e. The van der Waals surface area contributed by atoms with Crippen molar-refractivity contribution in [2.45, 2.75) is 13.1 Å². The summed E-state index contributed by atoms with van der Waals surface area (Å²) in [5, 5.41) is 2.93. The topological polar surface area (TPSA) is 41.6 Å². The quantitative estimate of drug-likeness (QED) is 0.851. The minimum Gasteiger partial charge on any atom is -0.379 e. The summed E-state index contributed by atoms with van der Waals surface area (Å²) < 4.78 is 6.32. The summed E-state index contributed by atoms with van der Waals surface area (Å²) in [4.78, 5) is 14.6. The second-order valence-electron chi connectivity index (χ2n) is 5.58. The molecule has 2 heterocycles. The molecule has 0 aliphatic carbocycles. The SMILES string of the molecule is O=C(NCc1ccccc1CN1CCOCC1)c1cc(Cl)sc1Cl. The van der Waals surface area contributed by atoms with Crippen LogP contribution in [0.5, 0.6) is 0 Å². The molecule has 0 spiro atoms. The third-order valence-electron chi connectivity index (χ3n) is 3.96. The van der Waals surface area contributed by atoms with Crippen LogP contribution in [0.1, 0.15) is 21.5 Å². The lowest BCUT2D eigenvalue weighted by Crippen LogP contribution is -2.36. The van der Waals surface area contributed by atoms with Crippen molar-refractivity contribution in [1.29, 1.82) is 0 Å². The van der Waals surface area contributed by atoms with Crippen LogP contribution in [0.2, 0.25) is 8.67 Å².